The molecule has 2 unspecified atom stereocenters. The summed E-state index contributed by atoms with van der Waals surface area (Å²) in [6, 6.07) is 11.5. The van der Waals surface area contributed by atoms with Crippen molar-refractivity contribution in [1.29, 1.82) is 0 Å². The van der Waals surface area contributed by atoms with Gasteiger partial charge in [0.25, 0.3) is 5.91 Å². The Labute approximate surface area is 186 Å². The quantitative estimate of drug-likeness (QED) is 0.638. The highest BCUT2D eigenvalue weighted by atomic mass is 16.5. The monoisotopic (exact) mass is 424 g/mol. The number of carbonyl (C=O) groups excluding carboxylic acids is 2. The van der Waals surface area contributed by atoms with Gasteiger partial charge in [0, 0.05) is 12.6 Å². The maximum absolute atomic E-state index is 13.2. The smallest absolute Gasteiger partial charge is 0.261 e. The number of ether oxygens (including phenoxy) is 1. The first-order valence-corrected chi connectivity index (χ1v) is 11.0. The lowest BCUT2D eigenvalue weighted by atomic mass is 10.1. The van der Waals surface area contributed by atoms with Crippen LogP contribution in [0.25, 0.3) is 0 Å². The Hall–Kier alpha value is -2.82. The van der Waals surface area contributed by atoms with Gasteiger partial charge in [-0.25, -0.2) is 0 Å². The molecule has 0 aliphatic carbocycles. The Kier molecular flexibility index (Phi) is 8.66. The lowest BCUT2D eigenvalue weighted by molar-refractivity contribution is -0.142. The second-order valence-electron chi connectivity index (χ2n) is 8.49. The summed E-state index contributed by atoms with van der Waals surface area (Å²) in [5.74, 6) is 0.334. The average molecular weight is 425 g/mol. The first kappa shape index (κ1) is 24.4. The van der Waals surface area contributed by atoms with E-state index < -0.39 is 6.04 Å². The number of nitrogens with one attached hydrogen (secondary N) is 1. The summed E-state index contributed by atoms with van der Waals surface area (Å²) in [7, 11) is 0. The van der Waals surface area contributed by atoms with Crippen LogP contribution in [0.3, 0.4) is 0 Å². The van der Waals surface area contributed by atoms with Crippen LogP contribution in [0.2, 0.25) is 0 Å². The minimum atomic E-state index is -0.605. The van der Waals surface area contributed by atoms with E-state index in [4.69, 9.17) is 4.74 Å². The second-order valence-corrected chi connectivity index (χ2v) is 8.49. The minimum Gasteiger partial charge on any atom is -0.483 e. The first-order valence-electron chi connectivity index (χ1n) is 11.0. The Morgan fingerprint density at radius 3 is 2.26 bits per heavy atom. The van der Waals surface area contributed by atoms with Gasteiger partial charge in [0.2, 0.25) is 5.91 Å². The van der Waals surface area contributed by atoms with Gasteiger partial charge in [-0.1, -0.05) is 42.8 Å². The summed E-state index contributed by atoms with van der Waals surface area (Å²) in [6.45, 7) is 14.0. The molecule has 2 rings (SSSR count). The van der Waals surface area contributed by atoms with E-state index in [0.29, 0.717) is 12.3 Å². The van der Waals surface area contributed by atoms with E-state index >= 15 is 0 Å². The summed E-state index contributed by atoms with van der Waals surface area (Å²) in [4.78, 5) is 27.6. The van der Waals surface area contributed by atoms with Gasteiger partial charge in [0.1, 0.15) is 11.8 Å². The number of hydrogen-bond donors (Lipinski definition) is 1. The van der Waals surface area contributed by atoms with Crippen molar-refractivity contribution in [3.05, 3.63) is 64.2 Å². The van der Waals surface area contributed by atoms with E-state index in [2.05, 4.69) is 11.4 Å². The number of hydrogen-bond acceptors (Lipinski definition) is 3. The number of nitrogens with zero attached hydrogens (tertiary/aromatic N) is 1. The molecule has 0 heterocycles. The second kappa shape index (κ2) is 11.0. The summed E-state index contributed by atoms with van der Waals surface area (Å²) >= 11 is 0. The average Bonchev–Trinajstić information content (AvgIpc) is 2.73. The third-order valence-electron chi connectivity index (χ3n) is 5.76. The molecule has 5 nitrogen and oxygen atoms in total. The highest BCUT2D eigenvalue weighted by Gasteiger charge is 2.27. The van der Waals surface area contributed by atoms with Crippen LogP contribution in [-0.2, 0) is 16.1 Å². The zero-order valence-electron chi connectivity index (χ0n) is 19.9. The largest absolute Gasteiger partial charge is 0.483 e. The molecule has 2 aromatic carbocycles. The Bertz CT molecular complexity index is 906. The number of benzene rings is 2. The third kappa shape index (κ3) is 6.84. The number of carbonyl (C=O) groups is 2. The van der Waals surface area contributed by atoms with Crippen LogP contribution in [0.4, 0.5) is 0 Å². The van der Waals surface area contributed by atoms with Gasteiger partial charge in [-0.15, -0.1) is 0 Å². The molecule has 0 saturated heterocycles. The topological polar surface area (TPSA) is 58.6 Å². The van der Waals surface area contributed by atoms with Gasteiger partial charge < -0.3 is 15.0 Å². The van der Waals surface area contributed by atoms with Crippen molar-refractivity contribution in [3.63, 3.8) is 0 Å². The van der Waals surface area contributed by atoms with Crippen molar-refractivity contribution in [2.24, 2.45) is 0 Å². The molecule has 168 valence electrons. The fraction of sp³-hybridized carbons (Fsp3) is 0.462. The molecule has 0 aliphatic heterocycles. The molecular weight excluding hydrogens is 388 g/mol. The summed E-state index contributed by atoms with van der Waals surface area (Å²) in [6.07, 6.45) is 0.833. The molecule has 0 saturated carbocycles. The van der Waals surface area contributed by atoms with Crippen molar-refractivity contribution < 1.29 is 14.3 Å². The van der Waals surface area contributed by atoms with Gasteiger partial charge in [-0.05, 0) is 76.3 Å². The summed E-state index contributed by atoms with van der Waals surface area (Å²) in [5, 5.41) is 2.98. The van der Waals surface area contributed by atoms with E-state index in [9.17, 15) is 9.59 Å². The molecule has 0 aromatic heterocycles. The van der Waals surface area contributed by atoms with Gasteiger partial charge >= 0.3 is 0 Å². The fourth-order valence-electron chi connectivity index (χ4n) is 3.31. The fourth-order valence-corrected chi connectivity index (χ4v) is 3.31. The van der Waals surface area contributed by atoms with Crippen molar-refractivity contribution in [2.45, 2.75) is 73.5 Å². The van der Waals surface area contributed by atoms with Crippen molar-refractivity contribution >= 4 is 11.8 Å². The van der Waals surface area contributed by atoms with Crippen LogP contribution in [0.15, 0.2) is 36.4 Å². The Balaban J connectivity index is 2.20. The lowest BCUT2D eigenvalue weighted by Gasteiger charge is -2.29. The van der Waals surface area contributed by atoms with E-state index in [1.54, 1.807) is 11.8 Å². The Morgan fingerprint density at radius 1 is 1.00 bits per heavy atom. The predicted octanol–water partition coefficient (Wildman–Crippen LogP) is 4.63. The van der Waals surface area contributed by atoms with Crippen LogP contribution < -0.4 is 10.1 Å². The van der Waals surface area contributed by atoms with Gasteiger partial charge in [0.15, 0.2) is 6.61 Å². The third-order valence-corrected chi connectivity index (χ3v) is 5.76. The molecule has 0 bridgehead atoms. The van der Waals surface area contributed by atoms with Crippen LogP contribution in [0.1, 0.15) is 55.0 Å². The normalized spacial score (nSPS) is 12.7. The van der Waals surface area contributed by atoms with Crippen molar-refractivity contribution in [2.75, 3.05) is 6.61 Å². The molecule has 0 radical (unpaired) electrons. The van der Waals surface area contributed by atoms with Gasteiger partial charge in [-0.2, -0.15) is 0 Å². The standard InChI is InChI=1S/C26H36N2O3/c1-8-20(5)27-26(30)22(7)28(15-23-11-9-17(2)10-12-23)25(29)16-31-24-14-18(3)13-19(4)21(24)6/h9-14,20,22H,8,15-16H2,1-7H3,(H,27,30). The molecule has 0 fully saturated rings. The van der Waals surface area contributed by atoms with Crippen molar-refractivity contribution in [3.8, 4) is 5.75 Å². The predicted molar refractivity (Wildman–Crippen MR) is 125 cm³/mol. The van der Waals surface area contributed by atoms with E-state index in [1.807, 2.05) is 71.9 Å². The minimum absolute atomic E-state index is 0.0560. The summed E-state index contributed by atoms with van der Waals surface area (Å²) in [5.41, 5.74) is 5.36. The lowest BCUT2D eigenvalue weighted by Crippen LogP contribution is -2.50. The number of rotatable bonds is 9. The van der Waals surface area contributed by atoms with E-state index in [0.717, 1.165) is 34.2 Å². The molecule has 0 spiro atoms. The molecule has 0 aliphatic rings. The van der Waals surface area contributed by atoms with Crippen LogP contribution >= 0.6 is 0 Å². The zero-order chi connectivity index (χ0) is 23.1. The van der Waals surface area contributed by atoms with Gasteiger partial charge in [0.05, 0.1) is 0 Å². The van der Waals surface area contributed by atoms with E-state index in [-0.39, 0.29) is 24.5 Å². The van der Waals surface area contributed by atoms with Crippen LogP contribution in [-0.4, -0.2) is 35.4 Å². The highest BCUT2D eigenvalue weighted by molar-refractivity contribution is 5.88. The zero-order valence-corrected chi connectivity index (χ0v) is 19.9. The maximum atomic E-state index is 13.2. The van der Waals surface area contributed by atoms with E-state index in [1.165, 1.54) is 0 Å². The Morgan fingerprint density at radius 2 is 1.65 bits per heavy atom. The molecule has 2 atom stereocenters. The molecule has 2 aromatic rings. The molecule has 5 heteroatoms. The highest BCUT2D eigenvalue weighted by Crippen LogP contribution is 2.23. The maximum Gasteiger partial charge on any atom is 0.261 e. The van der Waals surface area contributed by atoms with Crippen LogP contribution in [0, 0.1) is 27.7 Å². The SMILES string of the molecule is CCC(C)NC(=O)C(C)N(Cc1ccc(C)cc1)C(=O)COc1cc(C)cc(C)c1C. The molecule has 31 heavy (non-hydrogen) atoms. The number of aryl methyl sites for hydroxylation is 3. The molecule has 1 N–H and O–H groups in total. The van der Waals surface area contributed by atoms with Crippen molar-refractivity contribution in [1.82, 2.24) is 10.2 Å². The molecule has 2 amide bonds. The summed E-state index contributed by atoms with van der Waals surface area (Å²) < 4.78 is 5.91. The van der Waals surface area contributed by atoms with Gasteiger partial charge in [-0.3, -0.25) is 9.59 Å². The first-order chi connectivity index (χ1) is 14.6. The molecular formula is C26H36N2O3. The number of amides is 2. The van der Waals surface area contributed by atoms with Crippen LogP contribution in [0.5, 0.6) is 5.75 Å².